The lowest BCUT2D eigenvalue weighted by Crippen LogP contribution is -2.22. The Hall–Kier alpha value is -1.62. The Morgan fingerprint density at radius 2 is 2.24 bits per heavy atom. The molecule has 0 aliphatic carbocycles. The molecule has 2 rings (SSSR count). The van der Waals surface area contributed by atoms with Crippen molar-refractivity contribution in [1.29, 1.82) is 0 Å². The van der Waals surface area contributed by atoms with Gasteiger partial charge in [-0.15, -0.1) is 0 Å². The summed E-state index contributed by atoms with van der Waals surface area (Å²) in [5, 5.41) is 2.77. The van der Waals surface area contributed by atoms with Crippen LogP contribution in [0.5, 0.6) is 0 Å². The molecule has 1 aliphatic rings. The third-order valence-electron chi connectivity index (χ3n) is 2.87. The number of nitrogen functional groups attached to an aromatic ring is 1. The number of pyridine rings is 1. The highest BCUT2D eigenvalue weighted by atomic mass is 16.5. The van der Waals surface area contributed by atoms with E-state index in [0.717, 1.165) is 26.1 Å². The molecule has 1 aliphatic heterocycles. The maximum absolute atomic E-state index is 11.7. The molecule has 0 saturated carbocycles. The topological polar surface area (TPSA) is 77.2 Å². The van der Waals surface area contributed by atoms with Gasteiger partial charge in [0, 0.05) is 19.6 Å². The summed E-state index contributed by atoms with van der Waals surface area (Å²) in [4.78, 5) is 15.8. The van der Waals surface area contributed by atoms with E-state index < -0.39 is 0 Å². The van der Waals surface area contributed by atoms with Crippen molar-refractivity contribution in [3.05, 3.63) is 18.3 Å². The van der Waals surface area contributed by atoms with E-state index in [0.29, 0.717) is 23.8 Å². The van der Waals surface area contributed by atoms with Crippen molar-refractivity contribution in [2.45, 2.75) is 19.3 Å². The maximum atomic E-state index is 11.7. The SMILES string of the molecule is Nc1ccc(NC(=O)CC2CCOCC2)nc1. The van der Waals surface area contributed by atoms with Crippen LogP contribution in [0, 0.1) is 5.92 Å². The van der Waals surface area contributed by atoms with Crippen molar-refractivity contribution >= 4 is 17.4 Å². The molecule has 0 unspecified atom stereocenters. The van der Waals surface area contributed by atoms with Gasteiger partial charge in [-0.05, 0) is 30.9 Å². The quantitative estimate of drug-likeness (QED) is 0.830. The van der Waals surface area contributed by atoms with Gasteiger partial charge in [0.2, 0.25) is 5.91 Å². The first-order valence-corrected chi connectivity index (χ1v) is 5.83. The summed E-state index contributed by atoms with van der Waals surface area (Å²) in [5.74, 6) is 0.989. The largest absolute Gasteiger partial charge is 0.397 e. The third kappa shape index (κ3) is 3.71. The number of hydrogen-bond donors (Lipinski definition) is 2. The maximum Gasteiger partial charge on any atom is 0.225 e. The Kier molecular flexibility index (Phi) is 3.93. The summed E-state index contributed by atoms with van der Waals surface area (Å²) in [6, 6.07) is 3.42. The van der Waals surface area contributed by atoms with Crippen LogP contribution in [-0.4, -0.2) is 24.1 Å². The van der Waals surface area contributed by atoms with Crippen molar-refractivity contribution < 1.29 is 9.53 Å². The van der Waals surface area contributed by atoms with Crippen LogP contribution in [-0.2, 0) is 9.53 Å². The lowest BCUT2D eigenvalue weighted by atomic mass is 9.96. The Morgan fingerprint density at radius 1 is 1.47 bits per heavy atom. The second-order valence-corrected chi connectivity index (χ2v) is 4.28. The minimum Gasteiger partial charge on any atom is -0.397 e. The molecule has 1 aromatic rings. The van der Waals surface area contributed by atoms with Crippen molar-refractivity contribution in [3.63, 3.8) is 0 Å². The molecule has 0 aromatic carbocycles. The molecule has 3 N–H and O–H groups in total. The molecule has 0 bridgehead atoms. The van der Waals surface area contributed by atoms with Gasteiger partial charge in [-0.1, -0.05) is 0 Å². The van der Waals surface area contributed by atoms with Gasteiger partial charge in [0.05, 0.1) is 11.9 Å². The minimum absolute atomic E-state index is 0.00849. The highest BCUT2D eigenvalue weighted by Gasteiger charge is 2.17. The lowest BCUT2D eigenvalue weighted by Gasteiger charge is -2.21. The fourth-order valence-corrected chi connectivity index (χ4v) is 1.89. The standard InChI is InChI=1S/C12H17N3O2/c13-10-1-2-11(14-8-10)15-12(16)7-9-3-5-17-6-4-9/h1-2,8-9H,3-7,13H2,(H,14,15,16). The number of nitrogens with one attached hydrogen (secondary N) is 1. The monoisotopic (exact) mass is 235 g/mol. The van der Waals surface area contributed by atoms with E-state index in [2.05, 4.69) is 10.3 Å². The van der Waals surface area contributed by atoms with Gasteiger partial charge in [0.25, 0.3) is 0 Å². The third-order valence-corrected chi connectivity index (χ3v) is 2.87. The molecule has 5 heteroatoms. The molecule has 1 amide bonds. The van der Waals surface area contributed by atoms with Gasteiger partial charge >= 0.3 is 0 Å². The first-order valence-electron chi connectivity index (χ1n) is 5.83. The van der Waals surface area contributed by atoms with Crippen molar-refractivity contribution in [3.8, 4) is 0 Å². The van der Waals surface area contributed by atoms with Crippen molar-refractivity contribution in [2.75, 3.05) is 24.3 Å². The fourth-order valence-electron chi connectivity index (χ4n) is 1.89. The zero-order valence-corrected chi connectivity index (χ0v) is 9.69. The fraction of sp³-hybridized carbons (Fsp3) is 0.500. The molecular formula is C12H17N3O2. The van der Waals surface area contributed by atoms with Gasteiger partial charge < -0.3 is 15.8 Å². The average molecular weight is 235 g/mol. The van der Waals surface area contributed by atoms with E-state index in [-0.39, 0.29) is 5.91 Å². The first-order chi connectivity index (χ1) is 8.24. The number of nitrogens with two attached hydrogens (primary N) is 1. The van der Waals surface area contributed by atoms with E-state index in [4.69, 9.17) is 10.5 Å². The number of rotatable bonds is 3. The number of amides is 1. The van der Waals surface area contributed by atoms with Crippen LogP contribution < -0.4 is 11.1 Å². The highest BCUT2D eigenvalue weighted by molar-refractivity contribution is 5.89. The van der Waals surface area contributed by atoms with Crippen molar-refractivity contribution in [2.24, 2.45) is 5.92 Å². The minimum atomic E-state index is 0.00849. The van der Waals surface area contributed by atoms with E-state index in [9.17, 15) is 4.79 Å². The molecule has 1 fully saturated rings. The number of nitrogens with zero attached hydrogens (tertiary/aromatic N) is 1. The number of hydrogen-bond acceptors (Lipinski definition) is 4. The number of aromatic nitrogens is 1. The van der Waals surface area contributed by atoms with Crippen LogP contribution >= 0.6 is 0 Å². The highest BCUT2D eigenvalue weighted by Crippen LogP contribution is 2.19. The summed E-state index contributed by atoms with van der Waals surface area (Å²) in [6.45, 7) is 1.52. The second-order valence-electron chi connectivity index (χ2n) is 4.28. The van der Waals surface area contributed by atoms with E-state index in [1.807, 2.05) is 0 Å². The Labute approximate surface area is 100 Å². The summed E-state index contributed by atoms with van der Waals surface area (Å²) in [5.41, 5.74) is 6.11. The smallest absolute Gasteiger partial charge is 0.225 e. The molecule has 0 radical (unpaired) electrons. The molecule has 1 aromatic heterocycles. The normalized spacial score (nSPS) is 16.7. The van der Waals surface area contributed by atoms with E-state index in [1.54, 1.807) is 12.1 Å². The Balaban J connectivity index is 1.82. The predicted octanol–water partition coefficient (Wildman–Crippen LogP) is 1.42. The molecule has 0 spiro atoms. The zero-order chi connectivity index (χ0) is 12.1. The van der Waals surface area contributed by atoms with Crippen LogP contribution in [0.1, 0.15) is 19.3 Å². The van der Waals surface area contributed by atoms with Crippen LogP contribution in [0.3, 0.4) is 0 Å². The summed E-state index contributed by atoms with van der Waals surface area (Å²) in [6.07, 6.45) is 3.99. The summed E-state index contributed by atoms with van der Waals surface area (Å²) >= 11 is 0. The summed E-state index contributed by atoms with van der Waals surface area (Å²) < 4.78 is 5.25. The Morgan fingerprint density at radius 3 is 2.88 bits per heavy atom. The molecule has 17 heavy (non-hydrogen) atoms. The van der Waals surface area contributed by atoms with Gasteiger partial charge in [-0.2, -0.15) is 0 Å². The average Bonchev–Trinajstić information content (AvgIpc) is 2.33. The molecule has 0 atom stereocenters. The molecule has 2 heterocycles. The van der Waals surface area contributed by atoms with Crippen LogP contribution in [0.4, 0.5) is 11.5 Å². The van der Waals surface area contributed by atoms with Crippen molar-refractivity contribution in [1.82, 2.24) is 4.98 Å². The number of ether oxygens (including phenoxy) is 1. The second kappa shape index (κ2) is 5.63. The van der Waals surface area contributed by atoms with Crippen LogP contribution in [0.2, 0.25) is 0 Å². The first kappa shape index (κ1) is 11.9. The number of carbonyl (C=O) groups excluding carboxylic acids is 1. The van der Waals surface area contributed by atoms with E-state index in [1.165, 1.54) is 6.20 Å². The van der Waals surface area contributed by atoms with Gasteiger partial charge in [0.1, 0.15) is 5.82 Å². The van der Waals surface area contributed by atoms with Gasteiger partial charge in [-0.25, -0.2) is 4.98 Å². The van der Waals surface area contributed by atoms with Crippen LogP contribution in [0.25, 0.3) is 0 Å². The molecule has 92 valence electrons. The zero-order valence-electron chi connectivity index (χ0n) is 9.69. The number of anilines is 2. The van der Waals surface area contributed by atoms with Gasteiger partial charge in [-0.3, -0.25) is 4.79 Å². The summed E-state index contributed by atoms with van der Waals surface area (Å²) in [7, 11) is 0. The molecular weight excluding hydrogens is 218 g/mol. The van der Waals surface area contributed by atoms with Crippen LogP contribution in [0.15, 0.2) is 18.3 Å². The lowest BCUT2D eigenvalue weighted by molar-refractivity contribution is -0.117. The molecule has 1 saturated heterocycles. The van der Waals surface area contributed by atoms with E-state index >= 15 is 0 Å². The van der Waals surface area contributed by atoms with Gasteiger partial charge in [0.15, 0.2) is 0 Å². The Bertz CT molecular complexity index is 372. The number of carbonyl (C=O) groups is 1. The predicted molar refractivity (Wildman–Crippen MR) is 65.4 cm³/mol. The molecule has 5 nitrogen and oxygen atoms in total.